The van der Waals surface area contributed by atoms with E-state index in [0.29, 0.717) is 50.9 Å². The summed E-state index contributed by atoms with van der Waals surface area (Å²) in [6.45, 7) is 0. The molecule has 0 N–H and O–H groups in total. The summed E-state index contributed by atoms with van der Waals surface area (Å²) in [4.78, 5) is 14.3. The molecule has 0 saturated heterocycles. The molecule has 3 aliphatic rings. The second-order valence-corrected chi connectivity index (χ2v) is 19.8. The number of hydrogen-bond donors (Lipinski definition) is 0. The van der Waals surface area contributed by atoms with Crippen LogP contribution in [-0.2, 0) is 30.1 Å². The zero-order chi connectivity index (χ0) is 45.5. The van der Waals surface area contributed by atoms with Crippen LogP contribution in [0.5, 0.6) is 0 Å². The monoisotopic (exact) mass is 990 g/mol. The van der Waals surface area contributed by atoms with E-state index in [2.05, 4.69) is 29.1 Å². The van der Waals surface area contributed by atoms with E-state index in [1.165, 1.54) is 0 Å². The normalized spacial score (nSPS) is 17.1. The molecule has 6 aromatic carbocycles. The van der Waals surface area contributed by atoms with Crippen molar-refractivity contribution in [3.63, 3.8) is 0 Å². The molecule has 16 heteroatoms. The van der Waals surface area contributed by atoms with Crippen molar-refractivity contribution in [1.82, 2.24) is 15.0 Å². The van der Waals surface area contributed by atoms with Gasteiger partial charge in [-0.1, -0.05) is 146 Å². The molecule has 3 aromatic heterocycles. The maximum absolute atomic E-state index is 12.0. The fraction of sp³-hybridized carbons (Fsp3) is 0. The Kier molecular flexibility index (Phi) is 12.1. The molecule has 0 bridgehead atoms. The number of fused-ring (bicyclic) bond motifs is 6. The van der Waals surface area contributed by atoms with E-state index in [0.717, 1.165) is 32.7 Å². The zero-order valence-electron chi connectivity index (χ0n) is 35.0. The summed E-state index contributed by atoms with van der Waals surface area (Å²) in [5.41, 5.74) is 7.81. The number of rotatable bonds is 3. The first-order valence-corrected chi connectivity index (χ1v) is 24.7. The minimum absolute atomic E-state index is 0. The first-order chi connectivity index (χ1) is 31.9. The summed E-state index contributed by atoms with van der Waals surface area (Å²) in [5, 5.41) is 3.13. The predicted octanol–water partition coefficient (Wildman–Crippen LogP) is 11.0. The van der Waals surface area contributed by atoms with Crippen LogP contribution in [0.1, 0.15) is 33.8 Å². The molecule has 67 heavy (non-hydrogen) atoms. The van der Waals surface area contributed by atoms with Crippen LogP contribution in [0.15, 0.2) is 197 Å². The topological polar surface area (TPSA) is 183 Å². The minimum atomic E-state index is -3.59. The number of para-hydroxylation sites is 3. The molecule has 9 aromatic rings. The van der Waals surface area contributed by atoms with Gasteiger partial charge in [-0.05, 0) is 71.3 Å². The van der Waals surface area contributed by atoms with Crippen LogP contribution in [0.25, 0.3) is 82.2 Å². The second-order valence-electron chi connectivity index (χ2n) is 15.1. The Labute approximate surface area is 400 Å². The fourth-order valence-corrected chi connectivity index (χ4v) is 11.2. The van der Waals surface area contributed by atoms with Crippen LogP contribution < -0.4 is 0 Å². The molecule has 12 nitrogen and oxygen atoms in total. The molecule has 0 radical (unpaired) electrons. The van der Waals surface area contributed by atoms with Gasteiger partial charge in [0.2, 0.25) is 0 Å². The third-order valence-corrected chi connectivity index (χ3v) is 14.7. The largest absolute Gasteiger partial charge is 3.00 e. The maximum Gasteiger partial charge on any atom is 3.00 e. The van der Waals surface area contributed by atoms with Gasteiger partial charge in [-0.15, -0.1) is 17.1 Å². The summed E-state index contributed by atoms with van der Waals surface area (Å²) >= 11 is 0. The van der Waals surface area contributed by atoms with Crippen molar-refractivity contribution in [3.8, 4) is 0 Å². The van der Waals surface area contributed by atoms with E-state index in [1.807, 2.05) is 109 Å². The molecular formula is C51H33GaN6O6S3. The predicted molar refractivity (Wildman–Crippen MR) is 266 cm³/mol. The minimum Gasteiger partial charge on any atom is -0.572 e. The van der Waals surface area contributed by atoms with Gasteiger partial charge in [-0.25, -0.2) is 40.2 Å². The third kappa shape index (κ3) is 9.25. The molecule has 0 amide bonds. The van der Waals surface area contributed by atoms with Crippen molar-refractivity contribution >= 4 is 118 Å². The Morgan fingerprint density at radius 2 is 0.567 bits per heavy atom. The Balaban J connectivity index is 0.000000125. The van der Waals surface area contributed by atoms with Crippen molar-refractivity contribution in [2.24, 2.45) is 0 Å². The second kappa shape index (κ2) is 18.1. The summed E-state index contributed by atoms with van der Waals surface area (Å²) < 4.78 is 83.8. The smallest absolute Gasteiger partial charge is 0.572 e. The number of sulfonamides is 3. The van der Waals surface area contributed by atoms with Gasteiger partial charge >= 0.3 is 19.8 Å². The number of nitrogens with zero attached hydrogens (tertiary/aromatic N) is 6. The van der Waals surface area contributed by atoms with Gasteiger partial charge in [0, 0.05) is 16.2 Å². The third-order valence-electron chi connectivity index (χ3n) is 10.7. The molecule has 0 spiro atoms. The van der Waals surface area contributed by atoms with Crippen molar-refractivity contribution in [2.75, 3.05) is 0 Å². The maximum atomic E-state index is 12.0. The van der Waals surface area contributed by atoms with Crippen LogP contribution in [0.4, 0.5) is 0 Å². The first kappa shape index (κ1) is 44.8. The van der Waals surface area contributed by atoms with Crippen molar-refractivity contribution < 1.29 is 25.3 Å². The number of benzene rings is 6. The van der Waals surface area contributed by atoms with Crippen molar-refractivity contribution in [1.29, 1.82) is 0 Å². The molecule has 3 aliphatic heterocycles. The van der Waals surface area contributed by atoms with E-state index >= 15 is 0 Å². The Hall–Kier alpha value is -7.34. The Morgan fingerprint density at radius 1 is 0.313 bits per heavy atom. The van der Waals surface area contributed by atoms with E-state index < -0.39 is 30.1 Å². The van der Waals surface area contributed by atoms with E-state index in [1.54, 1.807) is 91.0 Å². The Morgan fingerprint density at radius 3 is 0.866 bits per heavy atom. The summed E-state index contributed by atoms with van der Waals surface area (Å²) in [6.07, 6.45) is 5.11. The van der Waals surface area contributed by atoms with Crippen LogP contribution >= 0.6 is 0 Å². The van der Waals surface area contributed by atoms with Gasteiger partial charge < -0.3 is 14.2 Å². The van der Waals surface area contributed by atoms with Gasteiger partial charge in [0.15, 0.2) is 0 Å². The Bertz CT molecular complexity index is 3480. The molecule has 0 unspecified atom stereocenters. The summed E-state index contributed by atoms with van der Waals surface area (Å²) in [7, 11) is -10.8. The summed E-state index contributed by atoms with van der Waals surface area (Å²) in [6, 6.07) is 55.3. The van der Waals surface area contributed by atoms with Crippen molar-refractivity contribution in [2.45, 2.75) is 14.7 Å². The molecule has 0 fully saturated rings. The first-order valence-electron chi connectivity index (χ1n) is 20.4. The fourth-order valence-electron chi connectivity index (χ4n) is 7.61. The molecule has 0 atom stereocenters. The van der Waals surface area contributed by atoms with Gasteiger partial charge in [-0.3, -0.25) is 0 Å². The van der Waals surface area contributed by atoms with E-state index in [4.69, 9.17) is 0 Å². The van der Waals surface area contributed by atoms with Crippen molar-refractivity contribution in [3.05, 3.63) is 230 Å². The van der Waals surface area contributed by atoms with Gasteiger partial charge in [0.1, 0.15) is 30.1 Å². The SMILES string of the molecule is O=S1(=O)[N-]/C(=C\c2ccc3ccccc3n2)c2ccccc21.O=S1(=O)[N-]/C(=C\c2ccc3ccccc3n2)c2ccccc21.O=S1(=O)[N-]C(=Cc2ccc3ccccc3n2)c2ccccc21.[Ga+3]. The van der Waals surface area contributed by atoms with Gasteiger partial charge in [0.05, 0.1) is 48.3 Å². The zero-order valence-corrected chi connectivity index (χ0v) is 39.9. The van der Waals surface area contributed by atoms with Gasteiger partial charge in [0.25, 0.3) is 0 Å². The molecule has 12 rings (SSSR count). The average Bonchev–Trinajstić information content (AvgIpc) is 3.86. The van der Waals surface area contributed by atoms with Crippen LogP contribution in [0.2, 0.25) is 0 Å². The summed E-state index contributed by atoms with van der Waals surface area (Å²) in [5.74, 6) is 0. The van der Waals surface area contributed by atoms with E-state index in [9.17, 15) is 25.3 Å². The number of aromatic nitrogens is 3. The molecule has 6 heterocycles. The quantitative estimate of drug-likeness (QED) is 0.155. The number of hydrogen-bond acceptors (Lipinski definition) is 9. The molecule has 0 saturated carbocycles. The standard InChI is InChI=1S/3C17H11N2O2S.Ga/c3*20-22(21)17-8-4-2-6-14(17)16(19-22)11-13-10-9-12-5-1-3-7-15(12)18-13;/h3*1-11H;/q3*-1;+3/b2*16-11-;;. The average molecular weight is 992 g/mol. The van der Waals surface area contributed by atoms with Crippen LogP contribution in [0, 0.1) is 0 Å². The van der Waals surface area contributed by atoms with E-state index in [-0.39, 0.29) is 34.5 Å². The molecule has 0 aliphatic carbocycles. The van der Waals surface area contributed by atoms with Crippen LogP contribution in [0.3, 0.4) is 0 Å². The molecular weight excluding hydrogens is 959 g/mol. The van der Waals surface area contributed by atoms with Gasteiger partial charge in [-0.2, -0.15) is 0 Å². The van der Waals surface area contributed by atoms with Crippen LogP contribution in [-0.4, -0.2) is 60.0 Å². The number of pyridine rings is 3. The molecule has 324 valence electrons.